The van der Waals surface area contributed by atoms with Gasteiger partial charge in [0.25, 0.3) is 0 Å². The first-order chi connectivity index (χ1) is 11.4. The highest BCUT2D eigenvalue weighted by atomic mass is 16.6. The summed E-state index contributed by atoms with van der Waals surface area (Å²) in [6.07, 6.45) is 5.43. The van der Waals surface area contributed by atoms with Crippen molar-refractivity contribution < 1.29 is 9.53 Å². The molecule has 0 bridgehead atoms. The number of amides is 1. The highest BCUT2D eigenvalue weighted by molar-refractivity contribution is 5.68. The van der Waals surface area contributed by atoms with E-state index >= 15 is 0 Å². The van der Waals surface area contributed by atoms with Gasteiger partial charge in [-0.2, -0.15) is 0 Å². The van der Waals surface area contributed by atoms with Crippen LogP contribution in [0.3, 0.4) is 0 Å². The Kier molecular flexibility index (Phi) is 5.08. The monoisotopic (exact) mass is 335 g/mol. The van der Waals surface area contributed by atoms with Crippen molar-refractivity contribution in [1.29, 1.82) is 0 Å². The molecule has 1 fully saturated rings. The standard InChI is InChI=1S/C17H29N5O2/c1-17(2,3)24-16(23)21-10-8-13(12-21)18-11-15-20-19-14-7-5-4-6-9-22(14)15/h13,18H,4-12H2,1-3H3/t13-/m0/s1. The van der Waals surface area contributed by atoms with Crippen LogP contribution in [0.4, 0.5) is 4.79 Å². The predicted molar refractivity (Wildman–Crippen MR) is 90.6 cm³/mol. The smallest absolute Gasteiger partial charge is 0.410 e. The van der Waals surface area contributed by atoms with Gasteiger partial charge in [0.2, 0.25) is 0 Å². The van der Waals surface area contributed by atoms with Gasteiger partial charge in [-0.3, -0.25) is 0 Å². The van der Waals surface area contributed by atoms with Gasteiger partial charge in [-0.15, -0.1) is 10.2 Å². The van der Waals surface area contributed by atoms with E-state index in [9.17, 15) is 4.79 Å². The maximum absolute atomic E-state index is 12.1. The Balaban J connectivity index is 1.50. The van der Waals surface area contributed by atoms with E-state index in [0.717, 1.165) is 37.6 Å². The molecule has 2 aliphatic rings. The Hall–Kier alpha value is -1.63. The van der Waals surface area contributed by atoms with E-state index in [1.807, 2.05) is 20.8 Å². The molecular formula is C17H29N5O2. The largest absolute Gasteiger partial charge is 0.444 e. The van der Waals surface area contributed by atoms with Crippen molar-refractivity contribution in [1.82, 2.24) is 25.0 Å². The first-order valence-electron chi connectivity index (χ1n) is 9.04. The zero-order valence-corrected chi connectivity index (χ0v) is 15.0. The van der Waals surface area contributed by atoms with Crippen LogP contribution < -0.4 is 5.32 Å². The quantitative estimate of drug-likeness (QED) is 0.916. The number of rotatable bonds is 3. The van der Waals surface area contributed by atoms with E-state index in [2.05, 4.69) is 20.1 Å². The average Bonchev–Trinajstić information content (AvgIpc) is 3.05. The van der Waals surface area contributed by atoms with Gasteiger partial charge in [0.1, 0.15) is 17.2 Å². The topological polar surface area (TPSA) is 72.3 Å². The second-order valence-electron chi connectivity index (χ2n) is 7.79. The van der Waals surface area contributed by atoms with E-state index in [4.69, 9.17) is 4.74 Å². The molecule has 3 rings (SSSR count). The van der Waals surface area contributed by atoms with Crippen molar-refractivity contribution in [3.63, 3.8) is 0 Å². The van der Waals surface area contributed by atoms with E-state index in [-0.39, 0.29) is 12.1 Å². The Labute approximate surface area is 143 Å². The van der Waals surface area contributed by atoms with Gasteiger partial charge in [0.15, 0.2) is 0 Å². The molecule has 0 spiro atoms. The highest BCUT2D eigenvalue weighted by Gasteiger charge is 2.29. The predicted octanol–water partition coefficient (Wildman–Crippen LogP) is 2.10. The van der Waals surface area contributed by atoms with Crippen LogP contribution in [0.1, 0.15) is 58.1 Å². The summed E-state index contributed by atoms with van der Waals surface area (Å²) in [6.45, 7) is 8.85. The molecule has 1 N–H and O–H groups in total. The number of carbonyl (C=O) groups is 1. The van der Waals surface area contributed by atoms with Crippen molar-refractivity contribution in [3.8, 4) is 0 Å². The number of hydrogen-bond donors (Lipinski definition) is 1. The number of hydrogen-bond acceptors (Lipinski definition) is 5. The number of nitrogens with one attached hydrogen (secondary N) is 1. The van der Waals surface area contributed by atoms with Crippen LogP contribution in [0.5, 0.6) is 0 Å². The van der Waals surface area contributed by atoms with Crippen molar-refractivity contribution >= 4 is 6.09 Å². The van der Waals surface area contributed by atoms with Crippen LogP contribution in [0.2, 0.25) is 0 Å². The maximum Gasteiger partial charge on any atom is 0.410 e. The summed E-state index contributed by atoms with van der Waals surface area (Å²) >= 11 is 0. The van der Waals surface area contributed by atoms with Crippen molar-refractivity contribution in [3.05, 3.63) is 11.6 Å². The summed E-state index contributed by atoms with van der Waals surface area (Å²) in [5.74, 6) is 2.13. The lowest BCUT2D eigenvalue weighted by atomic mass is 10.2. The Morgan fingerprint density at radius 2 is 2.08 bits per heavy atom. The van der Waals surface area contributed by atoms with E-state index in [0.29, 0.717) is 13.1 Å². The zero-order chi connectivity index (χ0) is 17.2. The molecular weight excluding hydrogens is 306 g/mol. The van der Waals surface area contributed by atoms with Gasteiger partial charge < -0.3 is 19.5 Å². The van der Waals surface area contributed by atoms with Gasteiger partial charge >= 0.3 is 6.09 Å². The fourth-order valence-corrected chi connectivity index (χ4v) is 3.33. The molecule has 1 atom stereocenters. The third-order valence-electron chi connectivity index (χ3n) is 4.57. The summed E-state index contributed by atoms with van der Waals surface area (Å²) in [6, 6.07) is 0.288. The van der Waals surface area contributed by atoms with Crippen LogP contribution >= 0.6 is 0 Å². The third-order valence-corrected chi connectivity index (χ3v) is 4.57. The number of likely N-dealkylation sites (tertiary alicyclic amines) is 1. The van der Waals surface area contributed by atoms with E-state index < -0.39 is 5.60 Å². The lowest BCUT2D eigenvalue weighted by Gasteiger charge is -2.24. The molecule has 134 valence electrons. The average molecular weight is 335 g/mol. The van der Waals surface area contributed by atoms with Crippen molar-refractivity contribution in [2.75, 3.05) is 13.1 Å². The molecule has 24 heavy (non-hydrogen) atoms. The number of fused-ring (bicyclic) bond motifs is 1. The molecule has 7 nitrogen and oxygen atoms in total. The maximum atomic E-state index is 12.1. The second-order valence-corrected chi connectivity index (χ2v) is 7.79. The minimum absolute atomic E-state index is 0.219. The first kappa shape index (κ1) is 17.2. The Morgan fingerprint density at radius 1 is 1.25 bits per heavy atom. The first-order valence-corrected chi connectivity index (χ1v) is 9.04. The van der Waals surface area contributed by atoms with Crippen LogP contribution in [0, 0.1) is 0 Å². The molecule has 7 heteroatoms. The Bertz CT molecular complexity index is 578. The van der Waals surface area contributed by atoms with Crippen molar-refractivity contribution in [2.45, 2.75) is 77.6 Å². The molecule has 0 radical (unpaired) electrons. The zero-order valence-electron chi connectivity index (χ0n) is 15.0. The summed E-state index contributed by atoms with van der Waals surface area (Å²) in [4.78, 5) is 13.9. The summed E-state index contributed by atoms with van der Waals surface area (Å²) in [7, 11) is 0. The lowest BCUT2D eigenvalue weighted by Crippen LogP contribution is -2.38. The van der Waals surface area contributed by atoms with E-state index in [1.54, 1.807) is 4.90 Å². The van der Waals surface area contributed by atoms with Crippen molar-refractivity contribution in [2.24, 2.45) is 0 Å². The number of carbonyl (C=O) groups excluding carboxylic acids is 1. The lowest BCUT2D eigenvalue weighted by molar-refractivity contribution is 0.0291. The second kappa shape index (κ2) is 7.09. The minimum Gasteiger partial charge on any atom is -0.444 e. The number of nitrogens with zero attached hydrogens (tertiary/aromatic N) is 4. The van der Waals surface area contributed by atoms with E-state index in [1.165, 1.54) is 19.3 Å². The van der Waals surface area contributed by atoms with Crippen LogP contribution in [-0.4, -0.2) is 50.5 Å². The molecule has 0 aromatic carbocycles. The van der Waals surface area contributed by atoms with Gasteiger partial charge in [-0.1, -0.05) is 6.42 Å². The normalized spacial score (nSPS) is 21.5. The number of ether oxygens (including phenoxy) is 1. The third kappa shape index (κ3) is 4.26. The molecule has 0 aliphatic carbocycles. The molecule has 1 amide bonds. The number of aryl methyl sites for hydroxylation is 1. The van der Waals surface area contributed by atoms with Gasteiger partial charge in [-0.05, 0) is 40.0 Å². The van der Waals surface area contributed by atoms with Crippen LogP contribution in [0.15, 0.2) is 0 Å². The number of aromatic nitrogens is 3. The fourth-order valence-electron chi connectivity index (χ4n) is 3.33. The molecule has 0 saturated carbocycles. The molecule has 2 aliphatic heterocycles. The van der Waals surface area contributed by atoms with Gasteiger partial charge in [0, 0.05) is 32.1 Å². The van der Waals surface area contributed by atoms with Crippen LogP contribution in [0.25, 0.3) is 0 Å². The fraction of sp³-hybridized carbons (Fsp3) is 0.824. The van der Waals surface area contributed by atoms with Gasteiger partial charge in [0.05, 0.1) is 6.54 Å². The summed E-state index contributed by atoms with van der Waals surface area (Å²) < 4.78 is 7.71. The Morgan fingerprint density at radius 3 is 2.88 bits per heavy atom. The molecule has 1 aromatic rings. The van der Waals surface area contributed by atoms with Crippen LogP contribution in [-0.2, 0) is 24.2 Å². The minimum atomic E-state index is -0.443. The molecule has 0 unspecified atom stereocenters. The molecule has 1 saturated heterocycles. The SMILES string of the molecule is CC(C)(C)OC(=O)N1CC[C@H](NCc2nnc3n2CCCCC3)C1. The molecule has 3 heterocycles. The molecule has 1 aromatic heterocycles. The summed E-state index contributed by atoms with van der Waals surface area (Å²) in [5.41, 5.74) is -0.443. The summed E-state index contributed by atoms with van der Waals surface area (Å²) in [5, 5.41) is 12.2. The van der Waals surface area contributed by atoms with Gasteiger partial charge in [-0.25, -0.2) is 4.79 Å². The highest BCUT2D eigenvalue weighted by Crippen LogP contribution is 2.17.